The largest absolute Gasteiger partial charge is 0.497 e. The van der Waals surface area contributed by atoms with Crippen LogP contribution in [0.1, 0.15) is 29.5 Å². The van der Waals surface area contributed by atoms with Gasteiger partial charge in [-0.1, -0.05) is 18.2 Å². The lowest BCUT2D eigenvalue weighted by Gasteiger charge is -2.36. The second-order valence-electron chi connectivity index (χ2n) is 5.84. The van der Waals surface area contributed by atoms with Gasteiger partial charge in [0.25, 0.3) is 0 Å². The van der Waals surface area contributed by atoms with Crippen molar-refractivity contribution in [1.82, 2.24) is 0 Å². The molecule has 2 nitrogen and oxygen atoms in total. The predicted molar refractivity (Wildman–Crippen MR) is 81.9 cm³/mol. The number of benzene rings is 2. The van der Waals surface area contributed by atoms with Crippen LogP contribution in [0.4, 0.5) is 4.39 Å². The van der Waals surface area contributed by atoms with Crippen molar-refractivity contribution in [2.45, 2.75) is 31.2 Å². The molecule has 0 aliphatic heterocycles. The molecule has 1 aliphatic rings. The van der Waals surface area contributed by atoms with Gasteiger partial charge in [-0.25, -0.2) is 4.39 Å². The molecule has 2 aromatic carbocycles. The Morgan fingerprint density at radius 2 is 1.95 bits per heavy atom. The Kier molecular flexibility index (Phi) is 3.68. The highest BCUT2D eigenvalue weighted by molar-refractivity contribution is 5.43. The summed E-state index contributed by atoms with van der Waals surface area (Å²) in [5.41, 5.74) is 9.84. The summed E-state index contributed by atoms with van der Waals surface area (Å²) in [5.74, 6) is 0.625. The van der Waals surface area contributed by atoms with Crippen LogP contribution in [0.2, 0.25) is 0 Å². The first-order chi connectivity index (χ1) is 10.1. The Morgan fingerprint density at radius 3 is 2.67 bits per heavy atom. The van der Waals surface area contributed by atoms with Crippen molar-refractivity contribution in [3.8, 4) is 5.75 Å². The number of ether oxygens (including phenoxy) is 1. The van der Waals surface area contributed by atoms with E-state index < -0.39 is 5.54 Å². The van der Waals surface area contributed by atoms with E-state index >= 15 is 0 Å². The van der Waals surface area contributed by atoms with Crippen molar-refractivity contribution in [2.24, 2.45) is 5.73 Å². The van der Waals surface area contributed by atoms with E-state index in [2.05, 4.69) is 12.1 Å². The van der Waals surface area contributed by atoms with Gasteiger partial charge in [0, 0.05) is 5.54 Å². The molecule has 0 radical (unpaired) electrons. The van der Waals surface area contributed by atoms with Gasteiger partial charge in [-0.2, -0.15) is 0 Å². The standard InChI is InChI=1S/C18H20FNO/c1-21-16-9-6-14-3-2-10-18(20,17(14)11-16)12-13-4-7-15(19)8-5-13/h4-9,11H,2-3,10,12,20H2,1H3. The van der Waals surface area contributed by atoms with E-state index in [1.165, 1.54) is 17.7 Å². The van der Waals surface area contributed by atoms with E-state index in [0.717, 1.165) is 36.1 Å². The van der Waals surface area contributed by atoms with E-state index in [-0.39, 0.29) is 5.82 Å². The van der Waals surface area contributed by atoms with Crippen LogP contribution in [-0.4, -0.2) is 7.11 Å². The lowest BCUT2D eigenvalue weighted by Crippen LogP contribution is -2.42. The summed E-state index contributed by atoms with van der Waals surface area (Å²) in [7, 11) is 1.67. The Bertz CT molecular complexity index is 638. The Labute approximate surface area is 124 Å². The highest BCUT2D eigenvalue weighted by atomic mass is 19.1. The van der Waals surface area contributed by atoms with Crippen molar-refractivity contribution < 1.29 is 9.13 Å². The third-order valence-corrected chi connectivity index (χ3v) is 4.36. The van der Waals surface area contributed by atoms with Crippen molar-refractivity contribution in [1.29, 1.82) is 0 Å². The zero-order valence-corrected chi connectivity index (χ0v) is 12.2. The summed E-state index contributed by atoms with van der Waals surface area (Å²) in [6.07, 6.45) is 3.79. The number of hydrogen-bond acceptors (Lipinski definition) is 2. The molecule has 3 rings (SSSR count). The molecule has 2 aromatic rings. The topological polar surface area (TPSA) is 35.2 Å². The summed E-state index contributed by atoms with van der Waals surface area (Å²) < 4.78 is 18.4. The van der Waals surface area contributed by atoms with Crippen molar-refractivity contribution >= 4 is 0 Å². The molecule has 1 aliphatic carbocycles. The molecule has 0 saturated heterocycles. The molecule has 1 unspecified atom stereocenters. The fourth-order valence-corrected chi connectivity index (χ4v) is 3.24. The zero-order chi connectivity index (χ0) is 14.9. The van der Waals surface area contributed by atoms with Crippen LogP contribution < -0.4 is 10.5 Å². The molecular weight excluding hydrogens is 265 g/mol. The minimum Gasteiger partial charge on any atom is -0.497 e. The smallest absolute Gasteiger partial charge is 0.123 e. The maximum Gasteiger partial charge on any atom is 0.123 e. The van der Waals surface area contributed by atoms with Crippen LogP contribution in [0.15, 0.2) is 42.5 Å². The lowest BCUT2D eigenvalue weighted by atomic mass is 9.74. The summed E-state index contributed by atoms with van der Waals surface area (Å²) in [6, 6.07) is 12.8. The van der Waals surface area contributed by atoms with Crippen LogP contribution in [0, 0.1) is 5.82 Å². The molecule has 0 amide bonds. The summed E-state index contributed by atoms with van der Waals surface area (Å²) in [4.78, 5) is 0. The van der Waals surface area contributed by atoms with Crippen LogP contribution in [0.3, 0.4) is 0 Å². The average molecular weight is 285 g/mol. The Hall–Kier alpha value is -1.87. The van der Waals surface area contributed by atoms with E-state index in [4.69, 9.17) is 10.5 Å². The van der Waals surface area contributed by atoms with Gasteiger partial charge in [-0.15, -0.1) is 0 Å². The van der Waals surface area contributed by atoms with Gasteiger partial charge in [-0.05, 0) is 66.6 Å². The minimum atomic E-state index is -0.403. The minimum absolute atomic E-state index is 0.212. The molecule has 0 fully saturated rings. The van der Waals surface area contributed by atoms with E-state index in [1.54, 1.807) is 7.11 Å². The second-order valence-corrected chi connectivity index (χ2v) is 5.84. The molecule has 0 spiro atoms. The van der Waals surface area contributed by atoms with Gasteiger partial charge >= 0.3 is 0 Å². The van der Waals surface area contributed by atoms with Gasteiger partial charge in [0.1, 0.15) is 11.6 Å². The third-order valence-electron chi connectivity index (χ3n) is 4.36. The predicted octanol–water partition coefficient (Wildman–Crippen LogP) is 3.57. The Balaban J connectivity index is 1.96. The number of fused-ring (bicyclic) bond motifs is 1. The van der Waals surface area contributed by atoms with Crippen LogP contribution in [-0.2, 0) is 18.4 Å². The van der Waals surface area contributed by atoms with Crippen LogP contribution >= 0.6 is 0 Å². The normalized spacial score (nSPS) is 20.9. The van der Waals surface area contributed by atoms with Gasteiger partial charge in [0.15, 0.2) is 0 Å². The van der Waals surface area contributed by atoms with Crippen molar-refractivity contribution in [3.63, 3.8) is 0 Å². The fourth-order valence-electron chi connectivity index (χ4n) is 3.24. The van der Waals surface area contributed by atoms with Crippen molar-refractivity contribution in [3.05, 3.63) is 65.0 Å². The average Bonchev–Trinajstić information content (AvgIpc) is 2.50. The lowest BCUT2D eigenvalue weighted by molar-refractivity contribution is 0.363. The van der Waals surface area contributed by atoms with Gasteiger partial charge in [0.2, 0.25) is 0 Å². The van der Waals surface area contributed by atoms with Gasteiger partial charge in [-0.3, -0.25) is 0 Å². The highest BCUT2D eigenvalue weighted by Gasteiger charge is 2.33. The molecule has 0 aromatic heterocycles. The monoisotopic (exact) mass is 285 g/mol. The number of hydrogen-bond donors (Lipinski definition) is 1. The van der Waals surface area contributed by atoms with Gasteiger partial charge in [0.05, 0.1) is 7.11 Å². The number of aryl methyl sites for hydroxylation is 1. The number of rotatable bonds is 3. The molecule has 0 heterocycles. The maximum atomic E-state index is 13.1. The SMILES string of the molecule is COc1ccc2c(c1)C(N)(Cc1ccc(F)cc1)CCC2. The zero-order valence-electron chi connectivity index (χ0n) is 12.2. The first kappa shape index (κ1) is 14.1. The van der Waals surface area contributed by atoms with Crippen LogP contribution in [0.5, 0.6) is 5.75 Å². The molecule has 3 heteroatoms. The molecule has 0 saturated carbocycles. The molecule has 21 heavy (non-hydrogen) atoms. The first-order valence-corrected chi connectivity index (χ1v) is 7.31. The van der Waals surface area contributed by atoms with E-state index in [9.17, 15) is 4.39 Å². The molecule has 1 atom stereocenters. The summed E-state index contributed by atoms with van der Waals surface area (Å²) in [5, 5.41) is 0. The third kappa shape index (κ3) is 2.79. The van der Waals surface area contributed by atoms with Crippen molar-refractivity contribution in [2.75, 3.05) is 7.11 Å². The number of halogens is 1. The van der Waals surface area contributed by atoms with E-state index in [1.807, 2.05) is 18.2 Å². The van der Waals surface area contributed by atoms with Gasteiger partial charge < -0.3 is 10.5 Å². The molecule has 0 bridgehead atoms. The van der Waals surface area contributed by atoms with Crippen LogP contribution in [0.25, 0.3) is 0 Å². The van der Waals surface area contributed by atoms with E-state index in [0.29, 0.717) is 6.42 Å². The molecule has 2 N–H and O–H groups in total. The maximum absolute atomic E-state index is 13.1. The quantitative estimate of drug-likeness (QED) is 0.935. The highest BCUT2D eigenvalue weighted by Crippen LogP contribution is 2.37. The summed E-state index contributed by atoms with van der Waals surface area (Å²) in [6.45, 7) is 0. The Morgan fingerprint density at radius 1 is 1.19 bits per heavy atom. The first-order valence-electron chi connectivity index (χ1n) is 7.31. The summed E-state index contributed by atoms with van der Waals surface area (Å²) >= 11 is 0. The number of methoxy groups -OCH3 is 1. The molecule has 110 valence electrons. The number of nitrogens with two attached hydrogens (primary N) is 1. The fraction of sp³-hybridized carbons (Fsp3) is 0.333. The second kappa shape index (κ2) is 5.49. The molecular formula is C18H20FNO.